The third kappa shape index (κ3) is 4.30. The van der Waals surface area contributed by atoms with E-state index in [-0.39, 0.29) is 0 Å². The van der Waals surface area contributed by atoms with Gasteiger partial charge in [0, 0.05) is 0 Å². The monoisotopic (exact) mass is 280 g/mol. The molecule has 0 unspecified atom stereocenters. The van der Waals surface area contributed by atoms with Crippen molar-refractivity contribution in [2.45, 2.75) is 19.0 Å². The highest BCUT2D eigenvalue weighted by Crippen LogP contribution is 2.29. The van der Waals surface area contributed by atoms with Crippen LogP contribution >= 0.6 is 0 Å². The lowest BCUT2D eigenvalue weighted by molar-refractivity contribution is -0.137. The molecule has 0 saturated carbocycles. The summed E-state index contributed by atoms with van der Waals surface area (Å²) < 4.78 is 43.2. The first-order valence-electron chi connectivity index (χ1n) is 6.40. The van der Waals surface area contributed by atoms with Gasteiger partial charge in [-0.15, -0.1) is 0 Å². The van der Waals surface area contributed by atoms with Crippen LogP contribution in [-0.2, 0) is 12.6 Å². The summed E-state index contributed by atoms with van der Waals surface area (Å²) >= 11 is 0. The lowest BCUT2D eigenvalue weighted by Crippen LogP contribution is -2.05. The summed E-state index contributed by atoms with van der Waals surface area (Å²) in [6.45, 7) is 0.486. The fourth-order valence-corrected chi connectivity index (χ4v) is 1.89. The Bertz CT molecular complexity index is 535. The SMILES string of the molecule is FC(F)(F)c1cccc(CCCOc2ccccc2)c1. The second-order valence-electron chi connectivity index (χ2n) is 4.46. The van der Waals surface area contributed by atoms with Crippen molar-refractivity contribution in [2.75, 3.05) is 6.61 Å². The molecular formula is C16H15F3O. The molecule has 0 amide bonds. The number of benzene rings is 2. The molecule has 0 fully saturated rings. The molecule has 0 aliphatic rings. The maximum Gasteiger partial charge on any atom is 0.416 e. The molecule has 0 saturated heterocycles. The first-order valence-corrected chi connectivity index (χ1v) is 6.40. The van der Waals surface area contributed by atoms with Crippen molar-refractivity contribution in [3.8, 4) is 5.75 Å². The minimum Gasteiger partial charge on any atom is -0.494 e. The molecular weight excluding hydrogens is 265 g/mol. The molecule has 0 bridgehead atoms. The van der Waals surface area contributed by atoms with Crippen LogP contribution < -0.4 is 4.74 Å². The third-order valence-electron chi connectivity index (χ3n) is 2.88. The predicted octanol–water partition coefficient (Wildman–Crippen LogP) is 4.72. The van der Waals surface area contributed by atoms with Gasteiger partial charge in [-0.2, -0.15) is 13.2 Å². The van der Waals surface area contributed by atoms with E-state index >= 15 is 0 Å². The number of aryl methyl sites for hydroxylation is 1. The maximum atomic E-state index is 12.6. The van der Waals surface area contributed by atoms with Gasteiger partial charge >= 0.3 is 6.18 Å². The number of para-hydroxylation sites is 1. The van der Waals surface area contributed by atoms with Crippen LogP contribution in [0.15, 0.2) is 54.6 Å². The average molecular weight is 280 g/mol. The number of ether oxygens (including phenoxy) is 1. The van der Waals surface area contributed by atoms with Gasteiger partial charge in [0.15, 0.2) is 0 Å². The van der Waals surface area contributed by atoms with E-state index in [0.717, 1.165) is 11.8 Å². The quantitative estimate of drug-likeness (QED) is 0.720. The minimum absolute atomic E-state index is 0.486. The van der Waals surface area contributed by atoms with E-state index in [1.54, 1.807) is 6.07 Å². The first-order chi connectivity index (χ1) is 9.55. The smallest absolute Gasteiger partial charge is 0.416 e. The van der Waals surface area contributed by atoms with Crippen LogP contribution in [-0.4, -0.2) is 6.61 Å². The summed E-state index contributed by atoms with van der Waals surface area (Å²) in [5.41, 5.74) is 0.0791. The topological polar surface area (TPSA) is 9.23 Å². The van der Waals surface area contributed by atoms with E-state index in [1.165, 1.54) is 12.1 Å². The summed E-state index contributed by atoms with van der Waals surface area (Å²) in [7, 11) is 0. The Hall–Kier alpha value is -1.97. The molecule has 106 valence electrons. The highest BCUT2D eigenvalue weighted by atomic mass is 19.4. The van der Waals surface area contributed by atoms with Gasteiger partial charge in [-0.25, -0.2) is 0 Å². The number of hydrogen-bond donors (Lipinski definition) is 0. The normalized spacial score (nSPS) is 11.3. The molecule has 0 radical (unpaired) electrons. The Morgan fingerprint density at radius 2 is 1.65 bits per heavy atom. The van der Waals surface area contributed by atoms with Gasteiger partial charge in [-0.05, 0) is 36.6 Å². The molecule has 0 spiro atoms. The Morgan fingerprint density at radius 3 is 2.35 bits per heavy atom. The molecule has 0 heterocycles. The van der Waals surface area contributed by atoms with Crippen molar-refractivity contribution in [3.05, 3.63) is 65.7 Å². The van der Waals surface area contributed by atoms with Crippen molar-refractivity contribution in [1.29, 1.82) is 0 Å². The van der Waals surface area contributed by atoms with Crippen molar-refractivity contribution in [2.24, 2.45) is 0 Å². The van der Waals surface area contributed by atoms with E-state index in [9.17, 15) is 13.2 Å². The summed E-state index contributed by atoms with van der Waals surface area (Å²) in [6.07, 6.45) is -3.04. The zero-order valence-electron chi connectivity index (χ0n) is 10.9. The Kier molecular flexibility index (Phi) is 4.66. The van der Waals surface area contributed by atoms with E-state index in [1.807, 2.05) is 30.3 Å². The molecule has 4 heteroatoms. The minimum atomic E-state index is -4.28. The lowest BCUT2D eigenvalue weighted by atomic mass is 10.1. The Labute approximate surface area is 116 Å². The molecule has 1 nitrogen and oxygen atoms in total. The number of halogens is 3. The van der Waals surface area contributed by atoms with Gasteiger partial charge in [0.1, 0.15) is 5.75 Å². The number of rotatable bonds is 5. The zero-order chi connectivity index (χ0) is 14.4. The van der Waals surface area contributed by atoms with Crippen LogP contribution in [0.25, 0.3) is 0 Å². The fourth-order valence-electron chi connectivity index (χ4n) is 1.89. The summed E-state index contributed by atoms with van der Waals surface area (Å²) in [5.74, 6) is 0.775. The van der Waals surface area contributed by atoms with Gasteiger partial charge in [-0.3, -0.25) is 0 Å². The van der Waals surface area contributed by atoms with Gasteiger partial charge in [0.2, 0.25) is 0 Å². The van der Waals surface area contributed by atoms with Crippen LogP contribution in [0.3, 0.4) is 0 Å². The van der Waals surface area contributed by atoms with Gasteiger partial charge in [-0.1, -0.05) is 36.4 Å². The van der Waals surface area contributed by atoms with Gasteiger partial charge in [0.05, 0.1) is 12.2 Å². The van der Waals surface area contributed by atoms with E-state index < -0.39 is 11.7 Å². The largest absolute Gasteiger partial charge is 0.494 e. The van der Waals surface area contributed by atoms with E-state index in [4.69, 9.17) is 4.74 Å². The second-order valence-corrected chi connectivity index (χ2v) is 4.46. The summed E-state index contributed by atoms with van der Waals surface area (Å²) in [6, 6.07) is 14.8. The van der Waals surface area contributed by atoms with Crippen LogP contribution in [0.2, 0.25) is 0 Å². The van der Waals surface area contributed by atoms with Crippen molar-refractivity contribution in [3.63, 3.8) is 0 Å². The Morgan fingerprint density at radius 1 is 0.900 bits per heavy atom. The second kappa shape index (κ2) is 6.46. The number of alkyl halides is 3. The molecule has 0 N–H and O–H groups in total. The molecule has 2 rings (SSSR count). The first kappa shape index (κ1) is 14.4. The summed E-state index contributed by atoms with van der Waals surface area (Å²) in [5, 5.41) is 0. The zero-order valence-corrected chi connectivity index (χ0v) is 10.9. The maximum absolute atomic E-state index is 12.6. The molecule has 2 aromatic rings. The van der Waals surface area contributed by atoms with Gasteiger partial charge < -0.3 is 4.74 Å². The molecule has 0 aromatic heterocycles. The molecule has 0 aliphatic heterocycles. The van der Waals surface area contributed by atoms with Crippen molar-refractivity contribution in [1.82, 2.24) is 0 Å². The van der Waals surface area contributed by atoms with E-state index in [2.05, 4.69) is 0 Å². The highest BCUT2D eigenvalue weighted by Gasteiger charge is 2.30. The van der Waals surface area contributed by atoms with Crippen LogP contribution in [0, 0.1) is 0 Å². The average Bonchev–Trinajstić information content (AvgIpc) is 2.44. The molecule has 20 heavy (non-hydrogen) atoms. The van der Waals surface area contributed by atoms with Crippen LogP contribution in [0.5, 0.6) is 5.75 Å². The molecule has 0 aliphatic carbocycles. The summed E-state index contributed by atoms with van der Waals surface area (Å²) in [4.78, 5) is 0. The Balaban J connectivity index is 1.83. The standard InChI is InChI=1S/C16H15F3O/c17-16(18,19)14-8-4-6-13(12-14)7-5-11-20-15-9-2-1-3-10-15/h1-4,6,8-10,12H,5,7,11H2. The third-order valence-corrected chi connectivity index (χ3v) is 2.88. The molecule has 2 aromatic carbocycles. The molecule has 0 atom stereocenters. The highest BCUT2D eigenvalue weighted by molar-refractivity contribution is 5.25. The fraction of sp³-hybridized carbons (Fsp3) is 0.250. The van der Waals surface area contributed by atoms with Crippen LogP contribution in [0.1, 0.15) is 17.5 Å². The predicted molar refractivity (Wildman–Crippen MR) is 71.7 cm³/mol. The van der Waals surface area contributed by atoms with Gasteiger partial charge in [0.25, 0.3) is 0 Å². The number of hydrogen-bond acceptors (Lipinski definition) is 1. The van der Waals surface area contributed by atoms with Crippen molar-refractivity contribution >= 4 is 0 Å². The lowest BCUT2D eigenvalue weighted by Gasteiger charge is -2.09. The van der Waals surface area contributed by atoms with Crippen molar-refractivity contribution < 1.29 is 17.9 Å². The van der Waals surface area contributed by atoms with E-state index in [0.29, 0.717) is 25.0 Å². The van der Waals surface area contributed by atoms with Crippen LogP contribution in [0.4, 0.5) is 13.2 Å².